The number of nitrogens with zero attached hydrogens (tertiary/aromatic N) is 4. The van der Waals surface area contributed by atoms with Gasteiger partial charge in [-0.05, 0) is 63.5 Å². The van der Waals surface area contributed by atoms with Gasteiger partial charge in [0.05, 0.1) is 35.2 Å². The molecule has 2 aromatic rings. The fraction of sp³-hybridized carbons (Fsp3) is 0.579. The van der Waals surface area contributed by atoms with E-state index in [4.69, 9.17) is 33.7 Å². The SMILES string of the molecule is CCCCC/C=C\C/C=C\CCCCCCCC(=O)OC[C@H](Cc1cncn1C)[C@H](CC)C(=O)N1CCN=C1Nc1c(Cl)cc(N)cc1Cl. The maximum atomic E-state index is 14.1. The van der Waals surface area contributed by atoms with Gasteiger partial charge in [0.1, 0.15) is 0 Å². The molecule has 0 unspecified atom stereocenters. The van der Waals surface area contributed by atoms with Crippen LogP contribution in [0.3, 0.4) is 0 Å². The van der Waals surface area contributed by atoms with Crippen LogP contribution in [0, 0.1) is 11.8 Å². The number of nitrogens with one attached hydrogen (secondary N) is 1. The number of ether oxygens (including phenoxy) is 1. The van der Waals surface area contributed by atoms with Gasteiger partial charge in [-0.25, -0.2) is 4.98 Å². The molecule has 270 valence electrons. The largest absolute Gasteiger partial charge is 0.465 e. The van der Waals surface area contributed by atoms with Gasteiger partial charge in [0.2, 0.25) is 11.9 Å². The number of aryl methyl sites for hydroxylation is 1. The second-order valence-electron chi connectivity index (χ2n) is 12.8. The predicted octanol–water partition coefficient (Wildman–Crippen LogP) is 9.16. The lowest BCUT2D eigenvalue weighted by Gasteiger charge is -2.30. The Labute approximate surface area is 303 Å². The van der Waals surface area contributed by atoms with Gasteiger partial charge in [-0.15, -0.1) is 0 Å². The first-order valence-electron chi connectivity index (χ1n) is 18.0. The van der Waals surface area contributed by atoms with E-state index in [1.165, 1.54) is 32.1 Å². The van der Waals surface area contributed by atoms with E-state index in [9.17, 15) is 9.59 Å². The number of hydrogen-bond acceptors (Lipinski definition) is 7. The number of guanidine groups is 1. The summed E-state index contributed by atoms with van der Waals surface area (Å²) in [6.45, 7) is 5.24. The molecule has 9 nitrogen and oxygen atoms in total. The summed E-state index contributed by atoms with van der Waals surface area (Å²) in [5, 5.41) is 3.82. The minimum atomic E-state index is -0.416. The van der Waals surface area contributed by atoms with Crippen LogP contribution in [0.5, 0.6) is 0 Å². The second-order valence-corrected chi connectivity index (χ2v) is 13.6. The fourth-order valence-corrected chi connectivity index (χ4v) is 6.62. The molecule has 11 heteroatoms. The van der Waals surface area contributed by atoms with Crippen molar-refractivity contribution in [2.75, 3.05) is 30.7 Å². The minimum absolute atomic E-state index is 0.0918. The van der Waals surface area contributed by atoms with E-state index in [-0.39, 0.29) is 24.4 Å². The van der Waals surface area contributed by atoms with Crippen LogP contribution < -0.4 is 11.1 Å². The van der Waals surface area contributed by atoms with Gasteiger partial charge < -0.3 is 20.4 Å². The number of esters is 1. The number of halogens is 2. The molecule has 0 aliphatic carbocycles. The third kappa shape index (κ3) is 13.9. The maximum absolute atomic E-state index is 14.1. The number of rotatable bonds is 22. The average molecular weight is 716 g/mol. The lowest BCUT2D eigenvalue weighted by atomic mass is 9.85. The van der Waals surface area contributed by atoms with E-state index in [0.717, 1.165) is 44.2 Å². The summed E-state index contributed by atoms with van der Waals surface area (Å²) in [5.74, 6) is -0.589. The van der Waals surface area contributed by atoms with Gasteiger partial charge >= 0.3 is 5.97 Å². The third-order valence-electron chi connectivity index (χ3n) is 8.91. The molecule has 2 atom stereocenters. The molecule has 0 radical (unpaired) electrons. The summed E-state index contributed by atoms with van der Waals surface area (Å²) in [7, 11) is 1.92. The molecule has 0 saturated heterocycles. The molecule has 0 bridgehead atoms. The monoisotopic (exact) mass is 714 g/mol. The molecule has 3 rings (SSSR count). The lowest BCUT2D eigenvalue weighted by molar-refractivity contribution is -0.148. The van der Waals surface area contributed by atoms with Gasteiger partial charge in [0, 0.05) is 49.4 Å². The van der Waals surface area contributed by atoms with E-state index in [2.05, 4.69) is 46.5 Å². The zero-order chi connectivity index (χ0) is 35.4. The summed E-state index contributed by atoms with van der Waals surface area (Å²) < 4.78 is 7.76. The van der Waals surface area contributed by atoms with Crippen molar-refractivity contribution in [2.45, 2.75) is 104 Å². The maximum Gasteiger partial charge on any atom is 0.305 e. The quantitative estimate of drug-likeness (QED) is 0.0544. The van der Waals surface area contributed by atoms with Crippen LogP contribution >= 0.6 is 23.2 Å². The predicted molar refractivity (Wildman–Crippen MR) is 203 cm³/mol. The van der Waals surface area contributed by atoms with Crippen LogP contribution in [0.2, 0.25) is 10.0 Å². The van der Waals surface area contributed by atoms with Crippen molar-refractivity contribution in [1.82, 2.24) is 14.5 Å². The summed E-state index contributed by atoms with van der Waals surface area (Å²) in [6, 6.07) is 3.19. The Bertz CT molecular complexity index is 1380. The number of benzene rings is 1. The Morgan fingerprint density at radius 2 is 1.67 bits per heavy atom. The number of allylic oxidation sites excluding steroid dienone is 4. The number of carbonyl (C=O) groups is 2. The fourth-order valence-electron chi connectivity index (χ4n) is 6.02. The number of aromatic nitrogens is 2. The summed E-state index contributed by atoms with van der Waals surface area (Å²) >= 11 is 12.8. The highest BCUT2D eigenvalue weighted by Gasteiger charge is 2.35. The van der Waals surface area contributed by atoms with Crippen molar-refractivity contribution in [3.63, 3.8) is 0 Å². The molecule has 0 fully saturated rings. The van der Waals surface area contributed by atoms with Crippen LogP contribution in [0.25, 0.3) is 0 Å². The van der Waals surface area contributed by atoms with Gasteiger partial charge in [0.25, 0.3) is 0 Å². The molecule has 1 aromatic carbocycles. The molecule has 1 aliphatic heterocycles. The number of hydrogen-bond donors (Lipinski definition) is 2. The highest BCUT2D eigenvalue weighted by Crippen LogP contribution is 2.34. The number of amides is 1. The Morgan fingerprint density at radius 3 is 2.33 bits per heavy atom. The highest BCUT2D eigenvalue weighted by atomic mass is 35.5. The van der Waals surface area contributed by atoms with E-state index >= 15 is 0 Å². The van der Waals surface area contributed by atoms with Crippen molar-refractivity contribution in [1.29, 1.82) is 0 Å². The van der Waals surface area contributed by atoms with Crippen molar-refractivity contribution in [2.24, 2.45) is 23.9 Å². The van der Waals surface area contributed by atoms with Gasteiger partial charge in [0.15, 0.2) is 0 Å². The number of nitrogens with two attached hydrogens (primary N) is 1. The summed E-state index contributed by atoms with van der Waals surface area (Å²) in [4.78, 5) is 37.3. The van der Waals surface area contributed by atoms with E-state index in [0.29, 0.717) is 59.7 Å². The standard InChI is InChI=1S/C38H56Cl2N6O3/c1-4-6-7-8-9-10-11-12-13-14-15-16-17-18-19-20-35(47)49-27-29(23-31-26-42-28-45(31)3)32(5-2)37(48)46-22-21-43-38(46)44-36-33(39)24-30(41)25-34(36)40/h9-10,12-13,24-26,28-29,32H,4-8,11,14-23,27,41H2,1-3H3,(H,43,44)/b10-9-,13-12-/t29-,32-/m0/s1. The Morgan fingerprint density at radius 1 is 1.00 bits per heavy atom. The minimum Gasteiger partial charge on any atom is -0.465 e. The number of unbranched alkanes of at least 4 members (excludes halogenated alkanes) is 8. The van der Waals surface area contributed by atoms with Crippen LogP contribution in [-0.4, -0.2) is 52.0 Å². The number of anilines is 2. The topological polar surface area (TPSA) is 115 Å². The van der Waals surface area contributed by atoms with Gasteiger partial charge in [-0.3, -0.25) is 19.5 Å². The van der Waals surface area contributed by atoms with Crippen molar-refractivity contribution in [3.8, 4) is 0 Å². The van der Waals surface area contributed by atoms with Crippen LogP contribution in [-0.2, 0) is 27.8 Å². The normalized spacial score (nSPS) is 14.5. The number of nitrogen functional groups attached to an aromatic ring is 1. The first kappa shape index (κ1) is 40.1. The van der Waals surface area contributed by atoms with Gasteiger partial charge in [-0.2, -0.15) is 0 Å². The number of imidazole rings is 1. The smallest absolute Gasteiger partial charge is 0.305 e. The molecule has 0 saturated carbocycles. The van der Waals surface area contributed by atoms with Crippen molar-refractivity contribution < 1.29 is 14.3 Å². The number of carbonyl (C=O) groups excluding carboxylic acids is 2. The highest BCUT2D eigenvalue weighted by molar-refractivity contribution is 6.40. The van der Waals surface area contributed by atoms with Gasteiger partial charge in [-0.1, -0.05) is 93.5 Å². The van der Waals surface area contributed by atoms with Crippen molar-refractivity contribution >= 4 is 52.4 Å². The molecule has 0 spiro atoms. The molecule has 3 N–H and O–H groups in total. The summed E-state index contributed by atoms with van der Waals surface area (Å²) in [5.41, 5.74) is 7.72. The van der Waals surface area contributed by atoms with E-state index < -0.39 is 5.92 Å². The Kier molecular flexibility index (Phi) is 18.4. The zero-order valence-electron chi connectivity index (χ0n) is 29.6. The zero-order valence-corrected chi connectivity index (χ0v) is 31.2. The van der Waals surface area contributed by atoms with Crippen LogP contribution in [0.4, 0.5) is 11.4 Å². The van der Waals surface area contributed by atoms with E-state index in [1.54, 1.807) is 29.6 Å². The van der Waals surface area contributed by atoms with Crippen LogP contribution in [0.1, 0.15) is 103 Å². The first-order valence-corrected chi connectivity index (χ1v) is 18.8. The second kappa shape index (κ2) is 22.4. The Balaban J connectivity index is 1.47. The first-order chi connectivity index (χ1) is 23.7. The molecule has 1 aromatic heterocycles. The molecule has 1 aliphatic rings. The molecule has 1 amide bonds. The Hall–Kier alpha value is -3.30. The summed E-state index contributed by atoms with van der Waals surface area (Å²) in [6.07, 6.45) is 26.5. The van der Waals surface area contributed by atoms with Crippen LogP contribution in [0.15, 0.2) is 54.0 Å². The number of aliphatic imine (C=N–C) groups is 1. The average Bonchev–Trinajstić information content (AvgIpc) is 3.71. The molecule has 49 heavy (non-hydrogen) atoms. The van der Waals surface area contributed by atoms with Crippen molar-refractivity contribution in [3.05, 3.63) is 64.7 Å². The molecular weight excluding hydrogens is 659 g/mol. The molecular formula is C38H56Cl2N6O3. The molecule has 2 heterocycles. The third-order valence-corrected chi connectivity index (χ3v) is 9.51. The van der Waals surface area contributed by atoms with E-state index in [1.807, 2.05) is 18.5 Å². The lowest BCUT2D eigenvalue weighted by Crippen LogP contribution is -2.45.